The summed E-state index contributed by atoms with van der Waals surface area (Å²) in [5.41, 5.74) is -0.111. The molecular weight excluding hydrogens is 360 g/mol. The molecule has 6 rings (SSSR count). The lowest BCUT2D eigenvalue weighted by atomic mass is 9.31. The van der Waals surface area contributed by atoms with Crippen LogP contribution in [-0.2, 0) is 0 Å². The molecule has 0 amide bonds. The molecule has 0 unspecified atom stereocenters. The van der Waals surface area contributed by atoms with Crippen LogP contribution in [0.1, 0.15) is 84.0 Å². The molecule has 4 heteroatoms. The highest BCUT2D eigenvalue weighted by atomic mass is 16.3. The molecule has 1 aliphatic heterocycles. The molecule has 0 aromatic rings. The number of aliphatic hydroxyl groups is 2. The summed E-state index contributed by atoms with van der Waals surface area (Å²) >= 11 is 0. The highest BCUT2D eigenvalue weighted by Crippen LogP contribution is 2.81. The summed E-state index contributed by atoms with van der Waals surface area (Å²) in [5, 5.41) is 31.4. The second-order valence-corrected chi connectivity index (χ2v) is 12.6. The standard InChI is InChI=1S/C25H42N2O2/c1-22-8-4-10-24(29,15-22)19-12-23-9-3-5-18(23)21-16(6-7-17(27-21)14-26-2)11-25(19,23)20(28)13-22/h16-21,26-29H,3-15H2,1-2H3/t16-,17+,18-,19-,20+,21-,22-,23+,24+,25-/m0/s1. The van der Waals surface area contributed by atoms with Crippen LogP contribution in [0.15, 0.2) is 0 Å². The Kier molecular flexibility index (Phi) is 4.18. The van der Waals surface area contributed by atoms with Crippen molar-refractivity contribution >= 4 is 0 Å². The molecule has 29 heavy (non-hydrogen) atoms. The first kappa shape index (κ1) is 19.5. The normalized spacial score (nSPS) is 60.8. The number of hydrogen-bond donors (Lipinski definition) is 4. The number of aliphatic hydroxyl groups excluding tert-OH is 1. The van der Waals surface area contributed by atoms with Gasteiger partial charge in [-0.05, 0) is 99.8 Å². The smallest absolute Gasteiger partial charge is 0.0687 e. The Morgan fingerprint density at radius 2 is 1.90 bits per heavy atom. The Balaban J connectivity index is 1.41. The first-order valence-electron chi connectivity index (χ1n) is 12.7. The van der Waals surface area contributed by atoms with Crippen molar-refractivity contribution in [2.75, 3.05) is 13.6 Å². The van der Waals surface area contributed by atoms with Gasteiger partial charge in [-0.15, -0.1) is 0 Å². The van der Waals surface area contributed by atoms with Crippen LogP contribution in [0.5, 0.6) is 0 Å². The highest BCUT2D eigenvalue weighted by molar-refractivity contribution is 5.29. The monoisotopic (exact) mass is 402 g/mol. The van der Waals surface area contributed by atoms with Crippen molar-refractivity contribution < 1.29 is 10.2 Å². The number of rotatable bonds is 2. The van der Waals surface area contributed by atoms with Gasteiger partial charge in [0.25, 0.3) is 0 Å². The minimum Gasteiger partial charge on any atom is -0.392 e. The fourth-order valence-corrected chi connectivity index (χ4v) is 10.6. The van der Waals surface area contributed by atoms with Gasteiger partial charge in [-0.2, -0.15) is 0 Å². The van der Waals surface area contributed by atoms with Gasteiger partial charge in [-0.1, -0.05) is 19.8 Å². The van der Waals surface area contributed by atoms with Crippen molar-refractivity contribution in [3.05, 3.63) is 0 Å². The van der Waals surface area contributed by atoms with E-state index >= 15 is 0 Å². The summed E-state index contributed by atoms with van der Waals surface area (Å²) in [6.07, 6.45) is 13.8. The molecule has 1 saturated heterocycles. The third kappa shape index (κ3) is 2.36. The van der Waals surface area contributed by atoms with Crippen LogP contribution >= 0.6 is 0 Å². The van der Waals surface area contributed by atoms with Crippen molar-refractivity contribution in [1.82, 2.24) is 10.6 Å². The van der Waals surface area contributed by atoms with Crippen molar-refractivity contribution in [2.24, 2.45) is 34.0 Å². The number of hydrogen-bond acceptors (Lipinski definition) is 4. The van der Waals surface area contributed by atoms with Crippen molar-refractivity contribution in [3.63, 3.8) is 0 Å². The second kappa shape index (κ2) is 6.21. The second-order valence-electron chi connectivity index (χ2n) is 12.6. The molecule has 164 valence electrons. The van der Waals surface area contributed by atoms with Crippen LogP contribution < -0.4 is 10.6 Å². The molecule has 5 saturated carbocycles. The average Bonchev–Trinajstić information content (AvgIpc) is 3.10. The van der Waals surface area contributed by atoms with E-state index in [1.165, 1.54) is 44.9 Å². The van der Waals surface area contributed by atoms with E-state index in [-0.39, 0.29) is 22.3 Å². The van der Waals surface area contributed by atoms with Crippen LogP contribution in [0.3, 0.4) is 0 Å². The first-order chi connectivity index (χ1) is 13.9. The van der Waals surface area contributed by atoms with Crippen LogP contribution in [-0.4, -0.2) is 47.6 Å². The number of likely N-dealkylation sites (N-methyl/N-ethyl adjacent to an activating group) is 1. The lowest BCUT2D eigenvalue weighted by Gasteiger charge is -2.75. The third-order valence-electron chi connectivity index (χ3n) is 11.3. The lowest BCUT2D eigenvalue weighted by molar-refractivity contribution is -0.304. The quantitative estimate of drug-likeness (QED) is 0.573. The Bertz CT molecular complexity index is 686. The summed E-state index contributed by atoms with van der Waals surface area (Å²) in [6, 6.07) is 1.24. The van der Waals surface area contributed by atoms with Crippen LogP contribution in [0.25, 0.3) is 0 Å². The SMILES string of the molecule is CNC[C@H]1CC[C@H]2C[C@@]34[C@H](O)C[C@]5(C)CCC[C@@](O)(C5)[C@@H]3C[C@@]43CCC[C@H]3[C@H]2N1. The molecule has 10 atom stereocenters. The highest BCUT2D eigenvalue weighted by Gasteiger charge is 2.79. The van der Waals surface area contributed by atoms with Gasteiger partial charge in [0, 0.05) is 24.0 Å². The largest absolute Gasteiger partial charge is 0.392 e. The minimum atomic E-state index is -0.521. The van der Waals surface area contributed by atoms with E-state index < -0.39 is 5.60 Å². The average molecular weight is 403 g/mol. The molecule has 4 N–H and O–H groups in total. The topological polar surface area (TPSA) is 64.5 Å². The van der Waals surface area contributed by atoms with E-state index in [1.807, 2.05) is 0 Å². The van der Waals surface area contributed by atoms with Gasteiger partial charge in [0.05, 0.1) is 11.7 Å². The van der Waals surface area contributed by atoms with Crippen molar-refractivity contribution in [2.45, 2.75) is 108 Å². The molecule has 1 heterocycles. The molecule has 2 bridgehead atoms. The van der Waals surface area contributed by atoms with Gasteiger partial charge in [-0.3, -0.25) is 0 Å². The Morgan fingerprint density at radius 3 is 2.72 bits per heavy atom. The summed E-state index contributed by atoms with van der Waals surface area (Å²) in [6.45, 7) is 3.42. The molecule has 5 aliphatic carbocycles. The molecular formula is C25H42N2O2. The molecule has 0 aromatic heterocycles. The Hall–Kier alpha value is -0.160. The van der Waals surface area contributed by atoms with Gasteiger partial charge in [0.15, 0.2) is 0 Å². The maximum absolute atomic E-state index is 12.0. The molecule has 2 spiro atoms. The first-order valence-corrected chi connectivity index (χ1v) is 12.7. The van der Waals surface area contributed by atoms with Crippen LogP contribution in [0.4, 0.5) is 0 Å². The maximum atomic E-state index is 12.0. The number of piperidine rings is 1. The van der Waals surface area contributed by atoms with Gasteiger partial charge in [0.1, 0.15) is 0 Å². The third-order valence-corrected chi connectivity index (χ3v) is 11.3. The Labute approximate surface area is 176 Å². The predicted octanol–water partition coefficient (Wildman–Crippen LogP) is 3.22. The van der Waals surface area contributed by atoms with Crippen molar-refractivity contribution in [1.29, 1.82) is 0 Å². The van der Waals surface area contributed by atoms with E-state index in [0.29, 0.717) is 29.8 Å². The number of nitrogens with one attached hydrogen (secondary N) is 2. The molecule has 0 aromatic carbocycles. The summed E-state index contributed by atoms with van der Waals surface area (Å²) in [7, 11) is 2.07. The summed E-state index contributed by atoms with van der Waals surface area (Å²) in [5.74, 6) is 1.73. The number of fused-ring (bicyclic) bond motifs is 5. The lowest BCUT2D eigenvalue weighted by Crippen LogP contribution is -2.76. The van der Waals surface area contributed by atoms with Gasteiger partial charge < -0.3 is 20.8 Å². The van der Waals surface area contributed by atoms with Gasteiger partial charge >= 0.3 is 0 Å². The van der Waals surface area contributed by atoms with E-state index in [9.17, 15) is 10.2 Å². The van der Waals surface area contributed by atoms with Crippen LogP contribution in [0, 0.1) is 34.0 Å². The fourth-order valence-electron chi connectivity index (χ4n) is 10.6. The fraction of sp³-hybridized carbons (Fsp3) is 1.00. The molecule has 4 nitrogen and oxygen atoms in total. The van der Waals surface area contributed by atoms with E-state index in [2.05, 4.69) is 24.6 Å². The predicted molar refractivity (Wildman–Crippen MR) is 114 cm³/mol. The van der Waals surface area contributed by atoms with Crippen LogP contribution in [0.2, 0.25) is 0 Å². The summed E-state index contributed by atoms with van der Waals surface area (Å²) in [4.78, 5) is 0. The summed E-state index contributed by atoms with van der Waals surface area (Å²) < 4.78 is 0. The zero-order valence-corrected chi connectivity index (χ0v) is 18.6. The van der Waals surface area contributed by atoms with Gasteiger partial charge in [0.2, 0.25) is 0 Å². The Morgan fingerprint density at radius 1 is 1.03 bits per heavy atom. The molecule has 0 radical (unpaired) electrons. The molecule has 6 fully saturated rings. The zero-order chi connectivity index (χ0) is 20.1. The van der Waals surface area contributed by atoms with Gasteiger partial charge in [-0.25, -0.2) is 0 Å². The van der Waals surface area contributed by atoms with E-state index in [4.69, 9.17) is 0 Å². The van der Waals surface area contributed by atoms with Crippen molar-refractivity contribution in [3.8, 4) is 0 Å². The minimum absolute atomic E-state index is 0.0102. The van der Waals surface area contributed by atoms with E-state index in [0.717, 1.165) is 38.6 Å². The molecule has 6 aliphatic rings. The van der Waals surface area contributed by atoms with E-state index in [1.54, 1.807) is 0 Å². The zero-order valence-electron chi connectivity index (χ0n) is 18.6. The maximum Gasteiger partial charge on any atom is 0.0687 e.